The van der Waals surface area contributed by atoms with Crippen molar-refractivity contribution in [2.24, 2.45) is 0 Å². The summed E-state index contributed by atoms with van der Waals surface area (Å²) in [5.41, 5.74) is 1.53. The summed E-state index contributed by atoms with van der Waals surface area (Å²) in [6.45, 7) is 4.76. The van der Waals surface area contributed by atoms with Gasteiger partial charge in [0.2, 0.25) is 9.84 Å². The van der Waals surface area contributed by atoms with Gasteiger partial charge in [-0.25, -0.2) is 8.42 Å². The van der Waals surface area contributed by atoms with Crippen LogP contribution in [-0.4, -0.2) is 71.4 Å². The van der Waals surface area contributed by atoms with Gasteiger partial charge in [-0.15, -0.1) is 12.4 Å². The van der Waals surface area contributed by atoms with Crippen molar-refractivity contribution in [1.82, 2.24) is 10.2 Å². The van der Waals surface area contributed by atoms with Gasteiger partial charge < -0.3 is 15.0 Å². The number of hydrogen-bond donors (Lipinski definition) is 1. The van der Waals surface area contributed by atoms with E-state index in [1.54, 1.807) is 43.5 Å². The molecule has 0 radical (unpaired) electrons. The van der Waals surface area contributed by atoms with Gasteiger partial charge in [0, 0.05) is 44.4 Å². The number of nitrogens with zero attached hydrogens (tertiary/aromatic N) is 2. The number of rotatable bonds is 8. The third kappa shape index (κ3) is 5.91. The SMILES string of the molecule is COc1ccccc1N1CCN(CCCNC(=O)c2cccc3c2S(=O)(=O)C(c2ccccc2)=CC3=O)CC1.Cl. The average molecular weight is 582 g/mol. The molecule has 0 aromatic heterocycles. The van der Waals surface area contributed by atoms with E-state index in [4.69, 9.17) is 4.74 Å². The predicted molar refractivity (Wildman–Crippen MR) is 158 cm³/mol. The van der Waals surface area contributed by atoms with E-state index >= 15 is 0 Å². The summed E-state index contributed by atoms with van der Waals surface area (Å²) in [5.74, 6) is -0.0639. The zero-order valence-electron chi connectivity index (χ0n) is 22.2. The number of amides is 1. The molecule has 10 heteroatoms. The Labute approximate surface area is 241 Å². The van der Waals surface area contributed by atoms with E-state index in [0.29, 0.717) is 12.1 Å². The molecule has 1 fully saturated rings. The number of anilines is 1. The Morgan fingerprint density at radius 3 is 2.35 bits per heavy atom. The van der Waals surface area contributed by atoms with Crippen molar-refractivity contribution in [3.05, 3.63) is 95.6 Å². The number of para-hydroxylation sites is 2. The molecule has 0 spiro atoms. The van der Waals surface area contributed by atoms with Crippen LogP contribution in [0.1, 0.15) is 32.7 Å². The smallest absolute Gasteiger partial charge is 0.252 e. The van der Waals surface area contributed by atoms with Crippen molar-refractivity contribution >= 4 is 44.5 Å². The Balaban J connectivity index is 0.00000370. The second-order valence-electron chi connectivity index (χ2n) is 9.53. The number of carbonyl (C=O) groups excluding carboxylic acids is 2. The molecule has 8 nitrogen and oxygen atoms in total. The number of sulfone groups is 1. The Morgan fingerprint density at radius 1 is 0.925 bits per heavy atom. The van der Waals surface area contributed by atoms with Crippen LogP contribution in [0.15, 0.2) is 83.8 Å². The van der Waals surface area contributed by atoms with E-state index in [1.807, 2.05) is 18.2 Å². The second kappa shape index (κ2) is 12.7. The van der Waals surface area contributed by atoms with Gasteiger partial charge in [-0.05, 0) is 42.8 Å². The normalized spacial score (nSPS) is 16.4. The lowest BCUT2D eigenvalue weighted by Gasteiger charge is -2.36. The molecule has 3 aromatic rings. The van der Waals surface area contributed by atoms with Gasteiger partial charge in [0.25, 0.3) is 5.91 Å². The van der Waals surface area contributed by atoms with Crippen LogP contribution >= 0.6 is 12.4 Å². The van der Waals surface area contributed by atoms with E-state index in [9.17, 15) is 18.0 Å². The fourth-order valence-electron chi connectivity index (χ4n) is 5.13. The molecular weight excluding hydrogens is 550 g/mol. The Hall–Kier alpha value is -3.66. The minimum atomic E-state index is -4.07. The predicted octanol–water partition coefficient (Wildman–Crippen LogP) is 4.07. The topological polar surface area (TPSA) is 96.0 Å². The van der Waals surface area contributed by atoms with E-state index in [0.717, 1.165) is 56.7 Å². The molecule has 0 atom stereocenters. The highest BCUT2D eigenvalue weighted by Crippen LogP contribution is 2.37. The third-order valence-corrected chi connectivity index (χ3v) is 9.05. The molecule has 1 amide bonds. The van der Waals surface area contributed by atoms with Crippen LogP contribution in [0.4, 0.5) is 5.69 Å². The molecule has 210 valence electrons. The zero-order valence-corrected chi connectivity index (χ0v) is 23.8. The first-order chi connectivity index (χ1) is 18.9. The summed E-state index contributed by atoms with van der Waals surface area (Å²) in [4.78, 5) is 30.3. The largest absolute Gasteiger partial charge is 0.495 e. The monoisotopic (exact) mass is 581 g/mol. The van der Waals surface area contributed by atoms with Gasteiger partial charge in [0.1, 0.15) is 5.75 Å². The molecule has 2 aliphatic rings. The number of halogens is 1. The van der Waals surface area contributed by atoms with E-state index in [-0.39, 0.29) is 33.3 Å². The molecule has 1 N–H and O–H groups in total. The van der Waals surface area contributed by atoms with E-state index < -0.39 is 21.5 Å². The summed E-state index contributed by atoms with van der Waals surface area (Å²) in [7, 11) is -2.39. The first kappa shape index (κ1) is 29.3. The molecule has 0 aliphatic carbocycles. The summed E-state index contributed by atoms with van der Waals surface area (Å²) < 4.78 is 32.6. The van der Waals surface area contributed by atoms with Gasteiger partial charge >= 0.3 is 0 Å². The lowest BCUT2D eigenvalue weighted by atomic mass is 10.0. The maximum absolute atomic E-state index is 13.6. The van der Waals surface area contributed by atoms with Gasteiger partial charge in [-0.3, -0.25) is 14.5 Å². The quantitative estimate of drug-likeness (QED) is 0.401. The third-order valence-electron chi connectivity index (χ3n) is 7.14. The summed E-state index contributed by atoms with van der Waals surface area (Å²) >= 11 is 0. The lowest BCUT2D eigenvalue weighted by molar-refractivity contribution is 0.0948. The molecule has 1 saturated heterocycles. The van der Waals surface area contributed by atoms with Crippen molar-refractivity contribution in [1.29, 1.82) is 0 Å². The Bertz CT molecular complexity index is 1520. The fourth-order valence-corrected chi connectivity index (χ4v) is 6.96. The fraction of sp³-hybridized carbons (Fsp3) is 0.267. The van der Waals surface area contributed by atoms with E-state index in [1.165, 1.54) is 12.1 Å². The van der Waals surface area contributed by atoms with Crippen molar-refractivity contribution in [2.45, 2.75) is 11.3 Å². The van der Waals surface area contributed by atoms with Crippen LogP contribution in [0.2, 0.25) is 0 Å². The summed E-state index contributed by atoms with van der Waals surface area (Å²) in [6.07, 6.45) is 1.86. The van der Waals surface area contributed by atoms with Crippen molar-refractivity contribution in [2.75, 3.05) is 51.3 Å². The van der Waals surface area contributed by atoms with Crippen LogP contribution in [0.3, 0.4) is 0 Å². The number of carbonyl (C=O) groups is 2. The van der Waals surface area contributed by atoms with Crippen LogP contribution < -0.4 is 15.0 Å². The molecule has 5 rings (SSSR count). The molecule has 0 saturated carbocycles. The van der Waals surface area contributed by atoms with E-state index in [2.05, 4.69) is 21.2 Å². The van der Waals surface area contributed by atoms with Crippen LogP contribution in [-0.2, 0) is 9.84 Å². The highest BCUT2D eigenvalue weighted by Gasteiger charge is 2.36. The molecule has 3 aromatic carbocycles. The van der Waals surface area contributed by atoms with Crippen LogP contribution in [0.25, 0.3) is 4.91 Å². The molecule has 0 bridgehead atoms. The van der Waals surface area contributed by atoms with Crippen molar-refractivity contribution < 1.29 is 22.7 Å². The van der Waals surface area contributed by atoms with Crippen LogP contribution in [0.5, 0.6) is 5.75 Å². The lowest BCUT2D eigenvalue weighted by Crippen LogP contribution is -2.47. The standard InChI is InChI=1S/C30H31N3O5S.ClH/c1-38-27-14-6-5-13-25(27)33-19-17-32(18-20-33)16-8-15-31-30(35)24-12-7-11-23-26(34)21-28(39(36,37)29(23)24)22-9-3-2-4-10-22;/h2-7,9-14,21H,8,15-20H2,1H3,(H,31,35);1H. The number of ketones is 1. The summed E-state index contributed by atoms with van der Waals surface area (Å²) in [5, 5.41) is 2.86. The maximum Gasteiger partial charge on any atom is 0.252 e. The number of nitrogens with one attached hydrogen (secondary N) is 1. The summed E-state index contributed by atoms with van der Waals surface area (Å²) in [6, 6.07) is 20.9. The number of fused-ring (bicyclic) bond motifs is 1. The Morgan fingerprint density at radius 2 is 1.62 bits per heavy atom. The number of hydrogen-bond acceptors (Lipinski definition) is 7. The van der Waals surface area contributed by atoms with Gasteiger partial charge in [-0.2, -0.15) is 0 Å². The molecule has 2 heterocycles. The zero-order chi connectivity index (χ0) is 27.4. The average Bonchev–Trinajstić information content (AvgIpc) is 2.97. The number of allylic oxidation sites excluding steroid dienone is 1. The van der Waals surface area contributed by atoms with Crippen LogP contribution in [0, 0.1) is 0 Å². The Kier molecular flexibility index (Phi) is 9.29. The number of ether oxygens (including phenoxy) is 1. The van der Waals surface area contributed by atoms with Gasteiger partial charge in [0.15, 0.2) is 5.78 Å². The number of piperazine rings is 1. The van der Waals surface area contributed by atoms with Gasteiger partial charge in [-0.1, -0.05) is 48.5 Å². The first-order valence-corrected chi connectivity index (χ1v) is 14.5. The highest BCUT2D eigenvalue weighted by molar-refractivity contribution is 8.01. The second-order valence-corrected chi connectivity index (χ2v) is 11.4. The minimum absolute atomic E-state index is 0. The molecular formula is C30H32ClN3O5S. The molecule has 40 heavy (non-hydrogen) atoms. The number of methoxy groups -OCH3 is 1. The maximum atomic E-state index is 13.6. The molecule has 0 unspecified atom stereocenters. The highest BCUT2D eigenvalue weighted by atomic mass is 35.5. The van der Waals surface area contributed by atoms with Crippen molar-refractivity contribution in [3.63, 3.8) is 0 Å². The van der Waals surface area contributed by atoms with Crippen molar-refractivity contribution in [3.8, 4) is 5.75 Å². The minimum Gasteiger partial charge on any atom is -0.495 e. The van der Waals surface area contributed by atoms with Gasteiger partial charge in [0.05, 0.1) is 28.2 Å². The first-order valence-electron chi connectivity index (χ1n) is 13.0. The molecule has 2 aliphatic heterocycles. The number of benzene rings is 3.